The van der Waals surface area contributed by atoms with Gasteiger partial charge in [-0.25, -0.2) is 0 Å². The summed E-state index contributed by atoms with van der Waals surface area (Å²) in [6.07, 6.45) is 0. The van der Waals surface area contributed by atoms with Crippen molar-refractivity contribution in [2.45, 2.75) is 18.9 Å². The van der Waals surface area contributed by atoms with Crippen LogP contribution >= 0.6 is 0 Å². The summed E-state index contributed by atoms with van der Waals surface area (Å²) in [6.45, 7) is 4.44. The first kappa shape index (κ1) is 10.2. The Balaban J connectivity index is 0. The minimum atomic E-state index is 0. The van der Waals surface area contributed by atoms with Crippen molar-refractivity contribution in [2.24, 2.45) is 5.92 Å². The predicted octanol–water partition coefficient (Wildman–Crippen LogP) is 0.581. The molecule has 0 radical (unpaired) electrons. The summed E-state index contributed by atoms with van der Waals surface area (Å²) < 4.78 is 0. The molecule has 0 amide bonds. The molecule has 0 saturated carbocycles. The fourth-order valence-electron chi connectivity index (χ4n) is 0. The molecule has 0 aliphatic rings. The van der Waals surface area contributed by atoms with Gasteiger partial charge in [0.05, 0.1) is 0 Å². The van der Waals surface area contributed by atoms with Crippen LogP contribution in [0.25, 0.3) is 0 Å². The van der Waals surface area contributed by atoms with E-state index < -0.39 is 0 Å². The third kappa shape index (κ3) is 8.96. The number of rotatable bonds is 1. The van der Waals surface area contributed by atoms with E-state index >= 15 is 0 Å². The molecule has 0 unspecified atom stereocenters. The van der Waals surface area contributed by atoms with Crippen molar-refractivity contribution >= 4 is 36.6 Å². The molecule has 0 nitrogen and oxygen atoms in total. The Bertz CT molecular complexity index is 19.5. The molecule has 0 aliphatic heterocycles. The monoisotopic (exact) mass is 72.1 g/mol. The molecule has 0 bridgehead atoms. The van der Waals surface area contributed by atoms with Gasteiger partial charge in [-0.15, -0.1) is 0 Å². The van der Waals surface area contributed by atoms with E-state index in [2.05, 4.69) is 31.6 Å². The summed E-state index contributed by atoms with van der Waals surface area (Å²) in [5, 5.41) is 1.31. The van der Waals surface area contributed by atoms with Crippen molar-refractivity contribution in [3.05, 3.63) is 0 Å². The van der Waals surface area contributed by atoms with Crippen LogP contribution in [-0.2, 0) is 0 Å². The Kier molecular flexibility index (Phi) is 10.6. The quantitative estimate of drug-likeness (QED) is 0.397. The Morgan fingerprint density at radius 3 is 1.67 bits per heavy atom. The van der Waals surface area contributed by atoms with E-state index in [0.29, 0.717) is 0 Å². The standard InChI is InChI=1S/C4H9.2Li.H/c1-4(2)3;;;/h4H,1H2,2-3H3;;;. The van der Waals surface area contributed by atoms with Crippen molar-refractivity contribution in [1.82, 2.24) is 0 Å². The number of hydrogen-bond donors (Lipinski definition) is 0. The molecule has 0 rings (SSSR count). The summed E-state index contributed by atoms with van der Waals surface area (Å²) in [7, 11) is 0. The third-order valence-corrected chi connectivity index (χ3v) is 0.816. The van der Waals surface area contributed by atoms with Crippen LogP contribution in [0.4, 0.5) is 0 Å². The van der Waals surface area contributed by atoms with Crippen LogP contribution in [0.3, 0.4) is 0 Å². The van der Waals surface area contributed by atoms with E-state index in [9.17, 15) is 0 Å². The summed E-state index contributed by atoms with van der Waals surface area (Å²) in [5.41, 5.74) is 0. The van der Waals surface area contributed by atoms with Crippen LogP contribution in [0.5, 0.6) is 0 Å². The van der Waals surface area contributed by atoms with Crippen molar-refractivity contribution in [3.63, 3.8) is 0 Å². The molecule has 0 heterocycles. The van der Waals surface area contributed by atoms with Crippen molar-refractivity contribution < 1.29 is 0 Å². The zero-order chi connectivity index (χ0) is 4.28. The Morgan fingerprint density at radius 1 is 1.50 bits per heavy atom. The van der Waals surface area contributed by atoms with E-state index in [1.54, 1.807) is 0 Å². The molecule has 6 heavy (non-hydrogen) atoms. The average Bonchev–Trinajstić information content (AvgIpc) is 1.38. The van der Waals surface area contributed by atoms with Crippen LogP contribution < -0.4 is 0 Å². The van der Waals surface area contributed by atoms with Gasteiger partial charge in [-0.1, -0.05) is 0 Å². The second-order valence-corrected chi connectivity index (χ2v) is 1.80. The van der Waals surface area contributed by atoms with Crippen LogP contribution in [0.2, 0.25) is 5.09 Å². The van der Waals surface area contributed by atoms with Gasteiger partial charge < -0.3 is 0 Å². The minimum absolute atomic E-state index is 0. The van der Waals surface area contributed by atoms with Gasteiger partial charge in [0.25, 0.3) is 0 Å². The fourth-order valence-corrected chi connectivity index (χ4v) is 0. The number of hydrogen-bond acceptors (Lipinski definition) is 0. The normalized spacial score (nSPS) is 8.17. The second kappa shape index (κ2) is 6.19. The topological polar surface area (TPSA) is 0 Å². The molecule has 0 saturated heterocycles. The molecule has 0 N–H and O–H groups in total. The first-order valence-corrected chi connectivity index (χ1v) is 2.27. The van der Waals surface area contributed by atoms with Crippen molar-refractivity contribution in [2.75, 3.05) is 0 Å². The Labute approximate surface area is 61.5 Å². The van der Waals surface area contributed by atoms with Gasteiger partial charge in [0.1, 0.15) is 0 Å². The van der Waals surface area contributed by atoms with E-state index in [4.69, 9.17) is 0 Å². The van der Waals surface area contributed by atoms with Crippen LogP contribution in [0.1, 0.15) is 13.8 Å². The van der Waals surface area contributed by atoms with Gasteiger partial charge in [-0.05, 0) is 0 Å². The molecule has 0 aliphatic carbocycles. The molecule has 0 aromatic rings. The van der Waals surface area contributed by atoms with Gasteiger partial charge >= 0.3 is 61.4 Å². The van der Waals surface area contributed by atoms with Gasteiger partial charge in [0, 0.05) is 0 Å². The summed E-state index contributed by atoms with van der Waals surface area (Å²) in [6, 6.07) is 0. The molecule has 2 heteroatoms. The first-order chi connectivity index (χ1) is 2.27. The summed E-state index contributed by atoms with van der Waals surface area (Å²) in [5.74, 6) is 0.884. The average molecular weight is 72.0 g/mol. The maximum atomic E-state index is 2.22. The molecule has 0 aromatic carbocycles. The van der Waals surface area contributed by atoms with Crippen LogP contribution in [0.15, 0.2) is 0 Å². The van der Waals surface area contributed by atoms with Gasteiger partial charge in [-0.3, -0.25) is 0 Å². The van der Waals surface area contributed by atoms with E-state index in [0.717, 1.165) is 5.92 Å². The zero-order valence-corrected chi connectivity index (χ0v) is 4.28. The second-order valence-electron chi connectivity index (χ2n) is 1.80. The fraction of sp³-hybridized carbons (Fsp3) is 1.00. The van der Waals surface area contributed by atoms with Gasteiger partial charge in [-0.2, -0.15) is 0 Å². The zero-order valence-electron chi connectivity index (χ0n) is 4.28. The SMILES string of the molecule is [LiH].[Li][CH2]C(C)C. The predicted molar refractivity (Wildman–Crippen MR) is 32.5 cm³/mol. The van der Waals surface area contributed by atoms with E-state index in [1.165, 1.54) is 5.09 Å². The third-order valence-electron chi connectivity index (χ3n) is 0.816. The van der Waals surface area contributed by atoms with Gasteiger partial charge in [0.15, 0.2) is 0 Å². The van der Waals surface area contributed by atoms with E-state index in [-0.39, 0.29) is 18.9 Å². The Morgan fingerprint density at radius 2 is 1.67 bits per heavy atom. The van der Waals surface area contributed by atoms with Crippen LogP contribution in [0, 0.1) is 5.92 Å². The summed E-state index contributed by atoms with van der Waals surface area (Å²) >= 11 is 2.20. The Hall–Kier alpha value is 1.19. The molecule has 0 spiro atoms. The molecule has 0 fully saturated rings. The van der Waals surface area contributed by atoms with Crippen molar-refractivity contribution in [3.8, 4) is 0 Å². The molecule has 28 valence electrons. The summed E-state index contributed by atoms with van der Waals surface area (Å²) in [4.78, 5) is 0. The first-order valence-electron chi connectivity index (χ1n) is 2.27. The maximum absolute atomic E-state index is 2.22. The molecule has 0 atom stereocenters. The molecular formula is C4H10Li2. The van der Waals surface area contributed by atoms with Crippen LogP contribution in [-0.4, -0.2) is 36.6 Å². The van der Waals surface area contributed by atoms with Gasteiger partial charge in [0.2, 0.25) is 0 Å². The van der Waals surface area contributed by atoms with E-state index in [1.807, 2.05) is 0 Å². The molecule has 0 aromatic heterocycles. The van der Waals surface area contributed by atoms with Crippen molar-refractivity contribution in [1.29, 1.82) is 0 Å². The molecular weight excluding hydrogens is 61.9 g/mol.